The first-order valence-corrected chi connectivity index (χ1v) is 9.40. The molecule has 11 heteroatoms. The Morgan fingerprint density at radius 1 is 0.935 bits per heavy atom. The fourth-order valence-electron chi connectivity index (χ4n) is 3.65. The predicted molar refractivity (Wildman–Crippen MR) is 99.4 cm³/mol. The van der Waals surface area contributed by atoms with Crippen molar-refractivity contribution >= 4 is 29.7 Å². The van der Waals surface area contributed by atoms with E-state index in [-0.39, 0.29) is 11.1 Å². The molecule has 166 valence electrons. The Kier molecular flexibility index (Phi) is 6.37. The molecule has 2 amide bonds. The molecule has 1 saturated heterocycles. The Morgan fingerprint density at radius 3 is 1.94 bits per heavy atom. The largest absolute Gasteiger partial charge is 0.463 e. The third kappa shape index (κ3) is 4.42. The Morgan fingerprint density at radius 2 is 1.45 bits per heavy atom. The number of benzene rings is 1. The van der Waals surface area contributed by atoms with Crippen LogP contribution in [0.15, 0.2) is 24.3 Å². The molecule has 0 aliphatic carbocycles. The Balaban J connectivity index is 2.01. The second-order valence-corrected chi connectivity index (χ2v) is 7.03. The summed E-state index contributed by atoms with van der Waals surface area (Å²) in [5, 5.41) is 10.7. The van der Waals surface area contributed by atoms with Crippen LogP contribution in [0.5, 0.6) is 0 Å². The van der Waals surface area contributed by atoms with E-state index in [0.717, 1.165) is 25.7 Å². The van der Waals surface area contributed by atoms with E-state index in [1.165, 1.54) is 12.1 Å². The molecular formula is C20H21NO10. The number of rotatable bonds is 5. The first kappa shape index (κ1) is 22.4. The summed E-state index contributed by atoms with van der Waals surface area (Å²) in [4.78, 5) is 61.3. The van der Waals surface area contributed by atoms with Crippen LogP contribution < -0.4 is 0 Å². The number of hydrogen-bond donors (Lipinski definition) is 1. The van der Waals surface area contributed by atoms with Gasteiger partial charge in [-0.2, -0.15) is 0 Å². The highest BCUT2D eigenvalue weighted by Crippen LogP contribution is 2.34. The lowest BCUT2D eigenvalue weighted by Gasteiger charge is -2.45. The molecule has 0 bridgehead atoms. The Labute approximate surface area is 176 Å². The number of imide groups is 1. The van der Waals surface area contributed by atoms with Gasteiger partial charge in [0.1, 0.15) is 18.8 Å². The monoisotopic (exact) mass is 435 g/mol. The molecule has 1 N–H and O–H groups in total. The molecule has 0 aromatic heterocycles. The molecule has 2 heterocycles. The van der Waals surface area contributed by atoms with Crippen LogP contribution in [0.4, 0.5) is 0 Å². The summed E-state index contributed by atoms with van der Waals surface area (Å²) >= 11 is 0. The highest BCUT2D eigenvalue weighted by molar-refractivity contribution is 6.21. The smallest absolute Gasteiger partial charge is 0.303 e. The lowest BCUT2D eigenvalue weighted by atomic mass is 9.95. The number of hydrogen-bond acceptors (Lipinski definition) is 10. The number of amides is 2. The lowest BCUT2D eigenvalue weighted by Crippen LogP contribution is -2.67. The van der Waals surface area contributed by atoms with E-state index in [9.17, 15) is 29.1 Å². The minimum atomic E-state index is -1.82. The second kappa shape index (κ2) is 8.82. The maximum absolute atomic E-state index is 12.9. The summed E-state index contributed by atoms with van der Waals surface area (Å²) in [7, 11) is 0. The molecule has 0 saturated carbocycles. The minimum absolute atomic E-state index is 0.104. The number of aliphatic hydroxyl groups is 1. The Bertz CT molecular complexity index is 893. The first-order valence-electron chi connectivity index (χ1n) is 9.40. The van der Waals surface area contributed by atoms with Crippen molar-refractivity contribution in [1.82, 2.24) is 4.90 Å². The van der Waals surface area contributed by atoms with E-state index in [1.807, 2.05) is 0 Å². The van der Waals surface area contributed by atoms with Gasteiger partial charge < -0.3 is 24.1 Å². The van der Waals surface area contributed by atoms with Crippen LogP contribution in [0.1, 0.15) is 41.5 Å². The molecule has 3 rings (SSSR count). The molecular weight excluding hydrogens is 414 g/mol. The summed E-state index contributed by atoms with van der Waals surface area (Å²) in [5.41, 5.74) is 0.208. The molecule has 11 nitrogen and oxygen atoms in total. The first-order chi connectivity index (χ1) is 14.6. The van der Waals surface area contributed by atoms with Crippen molar-refractivity contribution in [3.8, 4) is 0 Å². The second-order valence-electron chi connectivity index (χ2n) is 7.03. The number of carbonyl (C=O) groups is 5. The molecule has 0 unspecified atom stereocenters. The van der Waals surface area contributed by atoms with Gasteiger partial charge in [-0.3, -0.25) is 28.9 Å². The van der Waals surface area contributed by atoms with Crippen molar-refractivity contribution < 1.29 is 48.0 Å². The molecule has 2 aliphatic rings. The van der Waals surface area contributed by atoms with Crippen LogP contribution in [0.2, 0.25) is 0 Å². The zero-order chi connectivity index (χ0) is 22.9. The predicted octanol–water partition coefficient (Wildman–Crippen LogP) is -0.205. The average molecular weight is 435 g/mol. The van der Waals surface area contributed by atoms with E-state index in [0.29, 0.717) is 0 Å². The van der Waals surface area contributed by atoms with Crippen LogP contribution in [0.3, 0.4) is 0 Å². The van der Waals surface area contributed by atoms with Gasteiger partial charge in [-0.25, -0.2) is 0 Å². The highest BCUT2D eigenvalue weighted by atomic mass is 16.7. The molecule has 1 aromatic carbocycles. The number of nitrogens with zero attached hydrogens (tertiary/aromatic N) is 1. The van der Waals surface area contributed by atoms with Crippen molar-refractivity contribution in [2.75, 3.05) is 6.61 Å². The van der Waals surface area contributed by atoms with Crippen molar-refractivity contribution in [1.29, 1.82) is 0 Å². The maximum Gasteiger partial charge on any atom is 0.303 e. The summed E-state index contributed by atoms with van der Waals surface area (Å²) in [6, 6.07) is 4.51. The molecule has 1 fully saturated rings. The minimum Gasteiger partial charge on any atom is -0.463 e. The third-order valence-electron chi connectivity index (χ3n) is 4.81. The Hall–Kier alpha value is -3.31. The van der Waals surface area contributed by atoms with Gasteiger partial charge in [-0.05, 0) is 12.1 Å². The molecule has 2 aliphatic heterocycles. The fraction of sp³-hybridized carbons (Fsp3) is 0.450. The van der Waals surface area contributed by atoms with Gasteiger partial charge in [0, 0.05) is 20.8 Å². The standard InChI is InChI=1S/C20H21NO10/c1-9(22)28-8-14-16(29-10(2)23)17(30-11(3)24)15(20(27)31-14)21-18(25)12-6-4-5-7-13(12)19(21)26/h4-7,14-17,20,27H,8H2,1-3H3/t14-,15-,16-,17-,20+/m1/s1. The number of ether oxygens (including phenoxy) is 4. The number of aliphatic hydroxyl groups excluding tert-OH is 1. The van der Waals surface area contributed by atoms with Crippen LogP contribution in [-0.2, 0) is 33.3 Å². The summed E-state index contributed by atoms with van der Waals surface area (Å²) in [6.45, 7) is 2.88. The topological polar surface area (TPSA) is 146 Å². The molecule has 1 aromatic rings. The van der Waals surface area contributed by atoms with E-state index in [1.54, 1.807) is 12.1 Å². The SMILES string of the molecule is CC(=O)OC[C@H]1O[C@H](O)[C@H](N2C(=O)c3ccccc3C2=O)[C@@H](OC(C)=O)[C@@H]1OC(C)=O. The van der Waals surface area contributed by atoms with E-state index in [4.69, 9.17) is 18.9 Å². The van der Waals surface area contributed by atoms with Crippen molar-refractivity contribution in [3.63, 3.8) is 0 Å². The van der Waals surface area contributed by atoms with Gasteiger partial charge in [0.2, 0.25) is 0 Å². The average Bonchev–Trinajstić information content (AvgIpc) is 2.93. The van der Waals surface area contributed by atoms with Crippen LogP contribution in [-0.4, -0.2) is 77.0 Å². The third-order valence-corrected chi connectivity index (χ3v) is 4.81. The van der Waals surface area contributed by atoms with Crippen LogP contribution >= 0.6 is 0 Å². The van der Waals surface area contributed by atoms with Gasteiger partial charge in [0.15, 0.2) is 18.5 Å². The molecule has 0 spiro atoms. The molecule has 5 atom stereocenters. The maximum atomic E-state index is 12.9. The van der Waals surface area contributed by atoms with Crippen LogP contribution in [0.25, 0.3) is 0 Å². The van der Waals surface area contributed by atoms with E-state index >= 15 is 0 Å². The van der Waals surface area contributed by atoms with Gasteiger partial charge in [-0.1, -0.05) is 12.1 Å². The van der Waals surface area contributed by atoms with Gasteiger partial charge >= 0.3 is 17.9 Å². The quantitative estimate of drug-likeness (QED) is 0.375. The normalized spacial score (nSPS) is 27.5. The lowest BCUT2D eigenvalue weighted by molar-refractivity contribution is -0.272. The molecule has 0 radical (unpaired) electrons. The fourth-order valence-corrected chi connectivity index (χ4v) is 3.65. The number of carbonyl (C=O) groups excluding carboxylic acids is 5. The van der Waals surface area contributed by atoms with Crippen molar-refractivity contribution in [3.05, 3.63) is 35.4 Å². The van der Waals surface area contributed by atoms with Crippen molar-refractivity contribution in [2.45, 2.75) is 51.4 Å². The summed E-state index contributed by atoms with van der Waals surface area (Å²) in [6.07, 6.45) is -5.90. The van der Waals surface area contributed by atoms with E-state index < -0.39 is 67.0 Å². The van der Waals surface area contributed by atoms with Gasteiger partial charge in [-0.15, -0.1) is 0 Å². The van der Waals surface area contributed by atoms with Gasteiger partial charge in [0.05, 0.1) is 11.1 Å². The van der Waals surface area contributed by atoms with Crippen LogP contribution in [0, 0.1) is 0 Å². The van der Waals surface area contributed by atoms with E-state index in [2.05, 4.69) is 0 Å². The number of esters is 3. The van der Waals surface area contributed by atoms with Gasteiger partial charge in [0.25, 0.3) is 11.8 Å². The molecule has 31 heavy (non-hydrogen) atoms. The number of fused-ring (bicyclic) bond motifs is 1. The summed E-state index contributed by atoms with van der Waals surface area (Å²) < 4.78 is 20.9. The summed E-state index contributed by atoms with van der Waals surface area (Å²) in [5.74, 6) is -3.72. The zero-order valence-corrected chi connectivity index (χ0v) is 17.0. The van der Waals surface area contributed by atoms with Crippen molar-refractivity contribution in [2.24, 2.45) is 0 Å². The highest BCUT2D eigenvalue weighted by Gasteiger charge is 2.56. The zero-order valence-electron chi connectivity index (χ0n) is 17.0.